The van der Waals surface area contributed by atoms with Gasteiger partial charge in [-0.15, -0.1) is 0 Å². The van der Waals surface area contributed by atoms with E-state index in [4.69, 9.17) is 10.5 Å². The van der Waals surface area contributed by atoms with Crippen LogP contribution in [0.25, 0.3) is 0 Å². The minimum Gasteiger partial charge on any atom is -0.461 e. The van der Waals surface area contributed by atoms with Crippen LogP contribution in [0.3, 0.4) is 0 Å². The first kappa shape index (κ1) is 13.4. The van der Waals surface area contributed by atoms with Crippen LogP contribution in [0, 0.1) is 0 Å². The predicted octanol–water partition coefficient (Wildman–Crippen LogP) is 1.43. The van der Waals surface area contributed by atoms with Gasteiger partial charge in [0.2, 0.25) is 0 Å². The quantitative estimate of drug-likeness (QED) is 0.757. The number of nitrogens with two attached hydrogens (primary N) is 1. The molecular weight excluding hydrogens is 218 g/mol. The summed E-state index contributed by atoms with van der Waals surface area (Å²) in [7, 11) is 0. The smallest absolute Gasteiger partial charge is 0.308 e. The summed E-state index contributed by atoms with van der Waals surface area (Å²) in [6, 6.07) is 8.62. The molecule has 1 rings (SSSR count). The van der Waals surface area contributed by atoms with Crippen molar-refractivity contribution in [3.05, 3.63) is 35.9 Å². The largest absolute Gasteiger partial charge is 0.461 e. The van der Waals surface area contributed by atoms with Gasteiger partial charge in [-0.3, -0.25) is 9.59 Å². The fourth-order valence-corrected chi connectivity index (χ4v) is 1.35. The number of ether oxygens (including phenoxy) is 1. The Kier molecular flexibility index (Phi) is 5.36. The lowest BCUT2D eigenvalue weighted by Gasteiger charge is -2.09. The Morgan fingerprint density at radius 1 is 1.29 bits per heavy atom. The average Bonchev–Trinajstić information content (AvgIpc) is 2.36. The molecule has 0 bridgehead atoms. The van der Waals surface area contributed by atoms with E-state index in [0.717, 1.165) is 5.56 Å². The standard InChI is InChI=1S/C13H17NO3/c1-2-12(15)11(14)8-13(16)17-9-10-6-4-3-5-7-10/h3-7,11H,2,8-9,14H2,1H3/t11-/m0/s1. The molecule has 0 aliphatic rings. The first-order valence-electron chi connectivity index (χ1n) is 5.61. The van der Waals surface area contributed by atoms with Gasteiger partial charge in [0.15, 0.2) is 0 Å². The van der Waals surface area contributed by atoms with Crippen molar-refractivity contribution in [2.45, 2.75) is 32.4 Å². The molecule has 2 N–H and O–H groups in total. The van der Waals surface area contributed by atoms with E-state index < -0.39 is 12.0 Å². The van der Waals surface area contributed by atoms with Crippen LogP contribution in [0.1, 0.15) is 25.3 Å². The lowest BCUT2D eigenvalue weighted by molar-refractivity contribution is -0.146. The molecule has 4 nitrogen and oxygen atoms in total. The van der Waals surface area contributed by atoms with Gasteiger partial charge in [-0.2, -0.15) is 0 Å². The van der Waals surface area contributed by atoms with Gasteiger partial charge in [-0.1, -0.05) is 37.3 Å². The van der Waals surface area contributed by atoms with Crippen LogP contribution in [0.15, 0.2) is 30.3 Å². The predicted molar refractivity (Wildman–Crippen MR) is 64.1 cm³/mol. The minimum absolute atomic E-state index is 0.0560. The van der Waals surface area contributed by atoms with Crippen molar-refractivity contribution >= 4 is 11.8 Å². The number of ketones is 1. The molecule has 0 aromatic heterocycles. The van der Waals surface area contributed by atoms with E-state index >= 15 is 0 Å². The number of carbonyl (C=O) groups is 2. The van der Waals surface area contributed by atoms with E-state index in [2.05, 4.69) is 0 Å². The molecule has 1 aromatic rings. The first-order valence-corrected chi connectivity index (χ1v) is 5.61. The van der Waals surface area contributed by atoms with E-state index in [0.29, 0.717) is 6.42 Å². The van der Waals surface area contributed by atoms with Crippen LogP contribution in [-0.2, 0) is 20.9 Å². The van der Waals surface area contributed by atoms with Gasteiger partial charge in [0.25, 0.3) is 0 Å². The number of benzene rings is 1. The highest BCUT2D eigenvalue weighted by atomic mass is 16.5. The maximum atomic E-state index is 11.4. The Bertz CT molecular complexity index is 376. The number of rotatable bonds is 6. The van der Waals surface area contributed by atoms with Crippen molar-refractivity contribution in [2.75, 3.05) is 0 Å². The third kappa shape index (κ3) is 4.78. The van der Waals surface area contributed by atoms with Crippen LogP contribution >= 0.6 is 0 Å². The number of hydrogen-bond acceptors (Lipinski definition) is 4. The lowest BCUT2D eigenvalue weighted by Crippen LogP contribution is -2.32. The van der Waals surface area contributed by atoms with E-state index in [-0.39, 0.29) is 18.8 Å². The van der Waals surface area contributed by atoms with Crippen LogP contribution in [0.5, 0.6) is 0 Å². The molecule has 0 aliphatic heterocycles. The normalized spacial score (nSPS) is 11.9. The molecule has 0 saturated carbocycles. The molecule has 0 aliphatic carbocycles. The molecule has 0 amide bonds. The summed E-state index contributed by atoms with van der Waals surface area (Å²) in [5, 5.41) is 0. The molecule has 0 saturated heterocycles. The third-order valence-corrected chi connectivity index (χ3v) is 2.39. The van der Waals surface area contributed by atoms with Crippen LogP contribution < -0.4 is 5.73 Å². The van der Waals surface area contributed by atoms with Crippen molar-refractivity contribution in [1.29, 1.82) is 0 Å². The van der Waals surface area contributed by atoms with Crippen molar-refractivity contribution in [2.24, 2.45) is 5.73 Å². The zero-order valence-corrected chi connectivity index (χ0v) is 9.89. The zero-order valence-electron chi connectivity index (χ0n) is 9.89. The molecule has 92 valence electrons. The molecule has 0 radical (unpaired) electrons. The molecule has 1 atom stereocenters. The Morgan fingerprint density at radius 3 is 2.53 bits per heavy atom. The Labute approximate surface area is 101 Å². The highest BCUT2D eigenvalue weighted by molar-refractivity contribution is 5.87. The molecule has 4 heteroatoms. The SMILES string of the molecule is CCC(=O)[C@@H](N)CC(=O)OCc1ccccc1. The highest BCUT2D eigenvalue weighted by Crippen LogP contribution is 2.03. The third-order valence-electron chi connectivity index (χ3n) is 2.39. The van der Waals surface area contributed by atoms with Gasteiger partial charge in [0.05, 0.1) is 12.5 Å². The van der Waals surface area contributed by atoms with Crippen LogP contribution in [0.4, 0.5) is 0 Å². The maximum absolute atomic E-state index is 11.4. The minimum atomic E-state index is -0.747. The van der Waals surface area contributed by atoms with E-state index in [1.165, 1.54) is 0 Å². The summed E-state index contributed by atoms with van der Waals surface area (Å²) in [4.78, 5) is 22.6. The van der Waals surface area contributed by atoms with Gasteiger partial charge >= 0.3 is 5.97 Å². The molecule has 0 spiro atoms. The van der Waals surface area contributed by atoms with Crippen molar-refractivity contribution in [1.82, 2.24) is 0 Å². The second kappa shape index (κ2) is 6.81. The lowest BCUT2D eigenvalue weighted by atomic mass is 10.1. The molecule has 0 heterocycles. The van der Waals surface area contributed by atoms with Crippen molar-refractivity contribution in [3.63, 3.8) is 0 Å². The zero-order chi connectivity index (χ0) is 12.7. The molecule has 0 unspecified atom stereocenters. The first-order chi connectivity index (χ1) is 8.13. The second-order valence-electron chi connectivity index (χ2n) is 3.78. The number of hydrogen-bond donors (Lipinski definition) is 1. The Hall–Kier alpha value is -1.68. The molecular formula is C13H17NO3. The van der Waals surface area contributed by atoms with Crippen molar-refractivity contribution < 1.29 is 14.3 Å². The topological polar surface area (TPSA) is 69.4 Å². The summed E-state index contributed by atoms with van der Waals surface area (Å²) in [5.74, 6) is -0.565. The van der Waals surface area contributed by atoms with Gasteiger partial charge < -0.3 is 10.5 Å². The number of esters is 1. The second-order valence-corrected chi connectivity index (χ2v) is 3.78. The summed E-state index contributed by atoms with van der Waals surface area (Å²) in [6.45, 7) is 1.93. The Morgan fingerprint density at radius 2 is 1.94 bits per heavy atom. The van der Waals surface area contributed by atoms with E-state index in [1.54, 1.807) is 6.92 Å². The molecule has 17 heavy (non-hydrogen) atoms. The summed E-state index contributed by atoms with van der Waals surface area (Å²) >= 11 is 0. The monoisotopic (exact) mass is 235 g/mol. The van der Waals surface area contributed by atoms with Crippen LogP contribution in [-0.4, -0.2) is 17.8 Å². The Balaban J connectivity index is 2.33. The van der Waals surface area contributed by atoms with Gasteiger partial charge in [0.1, 0.15) is 12.4 Å². The fourth-order valence-electron chi connectivity index (χ4n) is 1.35. The van der Waals surface area contributed by atoms with Crippen LogP contribution in [0.2, 0.25) is 0 Å². The maximum Gasteiger partial charge on any atom is 0.308 e. The summed E-state index contributed by atoms with van der Waals surface area (Å²) in [5.41, 5.74) is 6.46. The molecule has 0 fully saturated rings. The number of carbonyl (C=O) groups excluding carboxylic acids is 2. The van der Waals surface area contributed by atoms with Crippen molar-refractivity contribution in [3.8, 4) is 0 Å². The van der Waals surface area contributed by atoms with Gasteiger partial charge in [-0.05, 0) is 5.56 Å². The fraction of sp³-hybridized carbons (Fsp3) is 0.385. The molecule has 1 aromatic carbocycles. The summed E-state index contributed by atoms with van der Waals surface area (Å²) < 4.78 is 5.02. The van der Waals surface area contributed by atoms with Gasteiger partial charge in [-0.25, -0.2) is 0 Å². The summed E-state index contributed by atoms with van der Waals surface area (Å²) in [6.07, 6.45) is 0.284. The average molecular weight is 235 g/mol. The highest BCUT2D eigenvalue weighted by Gasteiger charge is 2.16. The van der Waals surface area contributed by atoms with E-state index in [1.807, 2.05) is 30.3 Å². The number of Topliss-reactive ketones (excluding diaryl/α,β-unsaturated/α-hetero) is 1. The van der Waals surface area contributed by atoms with E-state index in [9.17, 15) is 9.59 Å². The van der Waals surface area contributed by atoms with Gasteiger partial charge in [0, 0.05) is 6.42 Å².